The molecule has 1 amide bonds. The van der Waals surface area contributed by atoms with Crippen molar-refractivity contribution in [1.29, 1.82) is 0 Å². The highest BCUT2D eigenvalue weighted by molar-refractivity contribution is 5.79. The number of fused-ring (bicyclic) bond motifs is 1. The lowest BCUT2D eigenvalue weighted by atomic mass is 9.92. The van der Waals surface area contributed by atoms with Gasteiger partial charge in [-0.3, -0.25) is 4.79 Å². The smallest absolute Gasteiger partial charge is 0.317 e. The lowest BCUT2D eigenvalue weighted by molar-refractivity contribution is -0.136. The molecule has 0 bridgehead atoms. The molecular formula is C19H25N3O4. The topological polar surface area (TPSA) is 73.8 Å². The molecule has 1 fully saturated rings. The lowest BCUT2D eigenvalue weighted by Gasteiger charge is -2.34. The monoisotopic (exact) mass is 359 g/mol. The minimum atomic E-state index is 0.0173. The first-order chi connectivity index (χ1) is 12.6. The van der Waals surface area contributed by atoms with Crippen LogP contribution in [-0.2, 0) is 9.53 Å². The number of methoxy groups -OCH3 is 2. The van der Waals surface area contributed by atoms with Crippen LogP contribution in [-0.4, -0.2) is 60.8 Å². The van der Waals surface area contributed by atoms with E-state index < -0.39 is 0 Å². The van der Waals surface area contributed by atoms with Crippen molar-refractivity contribution in [3.8, 4) is 11.8 Å². The number of aromatic nitrogens is 2. The van der Waals surface area contributed by atoms with E-state index in [2.05, 4.69) is 9.97 Å². The van der Waals surface area contributed by atoms with Gasteiger partial charge >= 0.3 is 6.01 Å². The molecule has 0 N–H and O–H groups in total. The molecule has 7 heteroatoms. The maximum Gasteiger partial charge on any atom is 0.317 e. The van der Waals surface area contributed by atoms with Crippen LogP contribution in [0, 0.1) is 0 Å². The second-order valence-corrected chi connectivity index (χ2v) is 6.56. The molecule has 2 aromatic rings. The first-order valence-corrected chi connectivity index (χ1v) is 8.82. The van der Waals surface area contributed by atoms with Gasteiger partial charge in [0.2, 0.25) is 5.91 Å². The Morgan fingerprint density at radius 1 is 1.23 bits per heavy atom. The van der Waals surface area contributed by atoms with E-state index in [0.717, 1.165) is 42.3 Å². The Balaban J connectivity index is 1.59. The molecule has 0 radical (unpaired) electrons. The summed E-state index contributed by atoms with van der Waals surface area (Å²) in [5, 5.41) is 0.945. The minimum absolute atomic E-state index is 0.0173. The maximum atomic E-state index is 11.9. The predicted molar refractivity (Wildman–Crippen MR) is 97.4 cm³/mol. The molecule has 0 atom stereocenters. The van der Waals surface area contributed by atoms with E-state index >= 15 is 0 Å². The standard InChI is InChI=1S/C19H25N3O4/c1-22(18(23)12-24-2)14-5-8-15(9-6-14)26-19-20-11-13-4-7-16(25-3)10-17(13)21-19/h4,7,10-11,14-15H,5-6,8-9,12H2,1-3H3/t14-,15+. The molecule has 1 aromatic heterocycles. The molecule has 1 heterocycles. The van der Waals surface area contributed by atoms with E-state index in [9.17, 15) is 4.79 Å². The zero-order valence-corrected chi connectivity index (χ0v) is 15.5. The summed E-state index contributed by atoms with van der Waals surface area (Å²) >= 11 is 0. The molecule has 1 aliphatic rings. The molecule has 0 saturated heterocycles. The maximum absolute atomic E-state index is 11.9. The van der Waals surface area contributed by atoms with Crippen molar-refractivity contribution in [2.45, 2.75) is 37.8 Å². The van der Waals surface area contributed by atoms with Gasteiger partial charge in [0, 0.05) is 37.8 Å². The third kappa shape index (κ3) is 4.22. The third-order valence-corrected chi connectivity index (χ3v) is 4.89. The fourth-order valence-electron chi connectivity index (χ4n) is 3.30. The quantitative estimate of drug-likeness (QED) is 0.789. The van der Waals surface area contributed by atoms with E-state index in [0.29, 0.717) is 6.01 Å². The van der Waals surface area contributed by atoms with Gasteiger partial charge in [0.15, 0.2) is 0 Å². The van der Waals surface area contributed by atoms with Crippen molar-refractivity contribution in [2.75, 3.05) is 27.9 Å². The second-order valence-electron chi connectivity index (χ2n) is 6.56. The van der Waals surface area contributed by atoms with E-state index in [4.69, 9.17) is 14.2 Å². The Kier molecular flexibility index (Phi) is 5.88. The average molecular weight is 359 g/mol. The number of hydrogen-bond donors (Lipinski definition) is 0. The van der Waals surface area contributed by atoms with Crippen LogP contribution in [0.1, 0.15) is 25.7 Å². The number of nitrogens with zero attached hydrogens (tertiary/aromatic N) is 3. The van der Waals surface area contributed by atoms with Crippen molar-refractivity contribution < 1.29 is 19.0 Å². The Morgan fingerprint density at radius 3 is 2.69 bits per heavy atom. The highest BCUT2D eigenvalue weighted by Crippen LogP contribution is 2.26. The first-order valence-electron chi connectivity index (χ1n) is 8.82. The lowest BCUT2D eigenvalue weighted by Crippen LogP contribution is -2.42. The predicted octanol–water partition coefficient (Wildman–Crippen LogP) is 2.43. The van der Waals surface area contributed by atoms with Gasteiger partial charge in [0.25, 0.3) is 0 Å². The molecule has 0 aliphatic heterocycles. The van der Waals surface area contributed by atoms with Gasteiger partial charge in [0.05, 0.1) is 12.6 Å². The van der Waals surface area contributed by atoms with E-state index in [-0.39, 0.29) is 24.7 Å². The summed E-state index contributed by atoms with van der Waals surface area (Å²) < 4.78 is 16.1. The number of hydrogen-bond acceptors (Lipinski definition) is 6. The highest BCUT2D eigenvalue weighted by Gasteiger charge is 2.27. The largest absolute Gasteiger partial charge is 0.497 e. The summed E-state index contributed by atoms with van der Waals surface area (Å²) in [6, 6.07) is 6.31. The molecule has 1 saturated carbocycles. The van der Waals surface area contributed by atoms with Crippen molar-refractivity contribution in [3.63, 3.8) is 0 Å². The van der Waals surface area contributed by atoms with Crippen LogP contribution in [0.5, 0.6) is 11.8 Å². The summed E-state index contributed by atoms with van der Waals surface area (Å²) in [4.78, 5) is 22.5. The minimum Gasteiger partial charge on any atom is -0.497 e. The van der Waals surface area contributed by atoms with Crippen LogP contribution < -0.4 is 9.47 Å². The fraction of sp³-hybridized carbons (Fsp3) is 0.526. The molecule has 140 valence electrons. The van der Waals surface area contributed by atoms with Gasteiger partial charge in [0.1, 0.15) is 18.5 Å². The second kappa shape index (κ2) is 8.31. The van der Waals surface area contributed by atoms with Crippen LogP contribution in [0.25, 0.3) is 10.9 Å². The van der Waals surface area contributed by atoms with E-state index in [1.807, 2.05) is 25.2 Å². The Hall–Kier alpha value is -2.41. The van der Waals surface area contributed by atoms with Crippen LogP contribution in [0.2, 0.25) is 0 Å². The Labute approximate surface area is 153 Å². The van der Waals surface area contributed by atoms with Crippen molar-refractivity contribution in [3.05, 3.63) is 24.4 Å². The van der Waals surface area contributed by atoms with Crippen molar-refractivity contribution >= 4 is 16.8 Å². The van der Waals surface area contributed by atoms with Gasteiger partial charge in [-0.25, -0.2) is 4.98 Å². The first kappa shape index (κ1) is 18.4. The van der Waals surface area contributed by atoms with Crippen LogP contribution in [0.3, 0.4) is 0 Å². The third-order valence-electron chi connectivity index (χ3n) is 4.89. The van der Waals surface area contributed by atoms with Crippen LogP contribution >= 0.6 is 0 Å². The summed E-state index contributed by atoms with van der Waals surface area (Å²) in [6.45, 7) is 0.126. The van der Waals surface area contributed by atoms with Crippen molar-refractivity contribution in [2.24, 2.45) is 0 Å². The van der Waals surface area contributed by atoms with Gasteiger partial charge in [-0.15, -0.1) is 0 Å². The van der Waals surface area contributed by atoms with Gasteiger partial charge in [-0.2, -0.15) is 4.98 Å². The number of benzene rings is 1. The van der Waals surface area contributed by atoms with E-state index in [1.165, 1.54) is 7.11 Å². The summed E-state index contributed by atoms with van der Waals surface area (Å²) in [7, 11) is 5.01. The Bertz CT molecular complexity index is 760. The number of rotatable bonds is 6. The summed E-state index contributed by atoms with van der Waals surface area (Å²) in [6.07, 6.45) is 5.37. The molecule has 3 rings (SSSR count). The number of carbonyl (C=O) groups excluding carboxylic acids is 1. The van der Waals surface area contributed by atoms with Crippen LogP contribution in [0.15, 0.2) is 24.4 Å². The fourth-order valence-corrected chi connectivity index (χ4v) is 3.30. The number of amides is 1. The number of carbonyl (C=O) groups is 1. The summed E-state index contributed by atoms with van der Waals surface area (Å²) in [5.74, 6) is 0.773. The Morgan fingerprint density at radius 2 is 2.00 bits per heavy atom. The SMILES string of the molecule is COCC(=O)N(C)[C@H]1CC[C@@H](Oc2ncc3ccc(OC)cc3n2)CC1. The molecule has 1 aliphatic carbocycles. The van der Waals surface area contributed by atoms with Gasteiger partial charge in [-0.05, 0) is 37.8 Å². The van der Waals surface area contributed by atoms with Gasteiger partial charge < -0.3 is 19.1 Å². The average Bonchev–Trinajstić information content (AvgIpc) is 2.67. The van der Waals surface area contributed by atoms with Crippen molar-refractivity contribution in [1.82, 2.24) is 14.9 Å². The molecule has 0 unspecified atom stereocenters. The molecule has 0 spiro atoms. The van der Waals surface area contributed by atoms with Gasteiger partial charge in [-0.1, -0.05) is 0 Å². The number of ether oxygens (including phenoxy) is 3. The number of likely N-dealkylation sites (N-methyl/N-ethyl adjacent to an activating group) is 1. The molecule has 1 aromatic carbocycles. The normalized spacial score (nSPS) is 20.0. The zero-order valence-electron chi connectivity index (χ0n) is 15.5. The van der Waals surface area contributed by atoms with Crippen LogP contribution in [0.4, 0.5) is 0 Å². The molecular weight excluding hydrogens is 334 g/mol. The highest BCUT2D eigenvalue weighted by atomic mass is 16.5. The molecule has 26 heavy (non-hydrogen) atoms. The molecule has 7 nitrogen and oxygen atoms in total. The van der Waals surface area contributed by atoms with E-state index in [1.54, 1.807) is 18.2 Å². The zero-order chi connectivity index (χ0) is 18.5. The summed E-state index contributed by atoms with van der Waals surface area (Å²) in [5.41, 5.74) is 0.799.